The van der Waals surface area contributed by atoms with Gasteiger partial charge in [-0.25, -0.2) is 4.98 Å². The van der Waals surface area contributed by atoms with E-state index in [9.17, 15) is 0 Å². The normalized spacial score (nSPS) is 12.7. The van der Waals surface area contributed by atoms with Gasteiger partial charge in [0.15, 0.2) is 5.13 Å². The van der Waals surface area contributed by atoms with Crippen molar-refractivity contribution in [2.45, 2.75) is 40.0 Å². The minimum atomic E-state index is 0.823. The van der Waals surface area contributed by atoms with E-state index in [2.05, 4.69) is 36.0 Å². The number of aromatic nitrogens is 1. The summed E-state index contributed by atoms with van der Waals surface area (Å²) in [6.45, 7) is 9.09. The molecule has 0 bridgehead atoms. The molecule has 1 aromatic rings. The molecule has 2 nitrogen and oxygen atoms in total. The maximum atomic E-state index is 4.38. The second-order valence-electron chi connectivity index (χ2n) is 4.10. The Morgan fingerprint density at radius 2 is 2.20 bits per heavy atom. The number of thiazole rings is 1. The molecule has 1 unspecified atom stereocenters. The average molecular weight is 226 g/mol. The van der Waals surface area contributed by atoms with Crippen molar-refractivity contribution in [1.82, 2.24) is 4.98 Å². The average Bonchev–Trinajstić information content (AvgIpc) is 2.76. The van der Waals surface area contributed by atoms with E-state index in [4.69, 9.17) is 0 Å². The highest BCUT2D eigenvalue weighted by Crippen LogP contribution is 2.19. The van der Waals surface area contributed by atoms with Gasteiger partial charge < -0.3 is 4.90 Å². The van der Waals surface area contributed by atoms with Crippen LogP contribution in [0.5, 0.6) is 0 Å². The molecule has 0 saturated carbocycles. The van der Waals surface area contributed by atoms with Gasteiger partial charge in [-0.1, -0.05) is 27.2 Å². The SMILES string of the molecule is CCCN(CCC(C)CC)c1nccs1. The number of hydrogen-bond donors (Lipinski definition) is 0. The fourth-order valence-corrected chi connectivity index (χ4v) is 2.22. The summed E-state index contributed by atoms with van der Waals surface area (Å²) < 4.78 is 0. The fraction of sp³-hybridized carbons (Fsp3) is 0.750. The fourth-order valence-electron chi connectivity index (χ4n) is 1.53. The summed E-state index contributed by atoms with van der Waals surface area (Å²) in [5.74, 6) is 0.823. The summed E-state index contributed by atoms with van der Waals surface area (Å²) in [5, 5.41) is 3.24. The van der Waals surface area contributed by atoms with Crippen molar-refractivity contribution in [3.05, 3.63) is 11.6 Å². The van der Waals surface area contributed by atoms with Gasteiger partial charge in [0.05, 0.1) is 0 Å². The summed E-state index contributed by atoms with van der Waals surface area (Å²) in [6.07, 6.45) is 5.64. The van der Waals surface area contributed by atoms with Crippen molar-refractivity contribution < 1.29 is 0 Å². The number of rotatable bonds is 7. The van der Waals surface area contributed by atoms with Gasteiger partial charge in [-0.05, 0) is 18.8 Å². The quantitative estimate of drug-likeness (QED) is 0.703. The van der Waals surface area contributed by atoms with Crippen molar-refractivity contribution in [1.29, 1.82) is 0 Å². The van der Waals surface area contributed by atoms with E-state index in [1.807, 2.05) is 6.20 Å². The van der Waals surface area contributed by atoms with Crippen LogP contribution in [-0.2, 0) is 0 Å². The third kappa shape index (κ3) is 4.20. The molecular weight excluding hydrogens is 204 g/mol. The third-order valence-corrected chi connectivity index (χ3v) is 3.60. The molecule has 0 aliphatic carbocycles. The molecule has 0 radical (unpaired) electrons. The van der Waals surface area contributed by atoms with E-state index >= 15 is 0 Å². The number of hydrogen-bond acceptors (Lipinski definition) is 3. The molecule has 0 amide bonds. The molecule has 0 N–H and O–H groups in total. The highest BCUT2D eigenvalue weighted by Gasteiger charge is 2.09. The van der Waals surface area contributed by atoms with Crippen LogP contribution in [0.1, 0.15) is 40.0 Å². The summed E-state index contributed by atoms with van der Waals surface area (Å²) in [7, 11) is 0. The Hall–Kier alpha value is -0.570. The zero-order chi connectivity index (χ0) is 11.1. The molecule has 1 rings (SSSR count). The second-order valence-corrected chi connectivity index (χ2v) is 4.98. The lowest BCUT2D eigenvalue weighted by molar-refractivity contribution is 0.510. The van der Waals surface area contributed by atoms with Crippen LogP contribution in [0, 0.1) is 5.92 Å². The Morgan fingerprint density at radius 3 is 2.73 bits per heavy atom. The third-order valence-electron chi connectivity index (χ3n) is 2.77. The molecule has 86 valence electrons. The summed E-state index contributed by atoms with van der Waals surface area (Å²) >= 11 is 1.75. The monoisotopic (exact) mass is 226 g/mol. The number of nitrogens with zero attached hydrogens (tertiary/aromatic N) is 2. The van der Waals surface area contributed by atoms with Crippen molar-refractivity contribution >= 4 is 16.5 Å². The Bertz CT molecular complexity index is 246. The van der Waals surface area contributed by atoms with Crippen LogP contribution in [-0.4, -0.2) is 18.1 Å². The van der Waals surface area contributed by atoms with Crippen LogP contribution in [0.2, 0.25) is 0 Å². The summed E-state index contributed by atoms with van der Waals surface area (Å²) in [4.78, 5) is 6.80. The molecule has 0 aromatic carbocycles. The highest BCUT2D eigenvalue weighted by atomic mass is 32.1. The van der Waals surface area contributed by atoms with Crippen LogP contribution in [0.25, 0.3) is 0 Å². The van der Waals surface area contributed by atoms with Gasteiger partial charge >= 0.3 is 0 Å². The molecule has 1 aromatic heterocycles. The smallest absolute Gasteiger partial charge is 0.185 e. The van der Waals surface area contributed by atoms with Gasteiger partial charge in [0.25, 0.3) is 0 Å². The molecule has 1 atom stereocenters. The van der Waals surface area contributed by atoms with Gasteiger partial charge in [0, 0.05) is 24.7 Å². The minimum Gasteiger partial charge on any atom is -0.348 e. The predicted octanol–water partition coefficient (Wildman–Crippen LogP) is 3.80. The molecule has 3 heteroatoms. The zero-order valence-corrected chi connectivity index (χ0v) is 10.9. The van der Waals surface area contributed by atoms with Crippen LogP contribution in [0.3, 0.4) is 0 Å². The first-order chi connectivity index (χ1) is 7.27. The van der Waals surface area contributed by atoms with E-state index in [0.29, 0.717) is 0 Å². The van der Waals surface area contributed by atoms with E-state index in [1.165, 1.54) is 24.4 Å². The van der Waals surface area contributed by atoms with Gasteiger partial charge in [-0.15, -0.1) is 11.3 Å². The maximum Gasteiger partial charge on any atom is 0.185 e. The van der Waals surface area contributed by atoms with Crippen molar-refractivity contribution in [3.63, 3.8) is 0 Å². The van der Waals surface area contributed by atoms with Crippen LogP contribution >= 0.6 is 11.3 Å². The topological polar surface area (TPSA) is 16.1 Å². The Balaban J connectivity index is 2.44. The molecule has 0 fully saturated rings. The first kappa shape index (κ1) is 12.5. The lowest BCUT2D eigenvalue weighted by atomic mass is 10.1. The van der Waals surface area contributed by atoms with Gasteiger partial charge in [-0.2, -0.15) is 0 Å². The minimum absolute atomic E-state index is 0.823. The summed E-state index contributed by atoms with van der Waals surface area (Å²) in [6, 6.07) is 0. The zero-order valence-electron chi connectivity index (χ0n) is 10.1. The van der Waals surface area contributed by atoms with E-state index in [1.54, 1.807) is 11.3 Å². The van der Waals surface area contributed by atoms with Gasteiger partial charge in [0.2, 0.25) is 0 Å². The standard InChI is InChI=1S/C12H22N2S/c1-4-8-14(9-6-11(3)5-2)12-13-7-10-15-12/h7,10-11H,4-6,8-9H2,1-3H3. The first-order valence-corrected chi connectivity index (χ1v) is 6.80. The van der Waals surface area contributed by atoms with Gasteiger partial charge in [0.1, 0.15) is 0 Å². The molecule has 15 heavy (non-hydrogen) atoms. The molecule has 0 spiro atoms. The van der Waals surface area contributed by atoms with Crippen molar-refractivity contribution in [3.8, 4) is 0 Å². The van der Waals surface area contributed by atoms with Crippen LogP contribution in [0.4, 0.5) is 5.13 Å². The van der Waals surface area contributed by atoms with Crippen molar-refractivity contribution in [2.24, 2.45) is 5.92 Å². The predicted molar refractivity (Wildman–Crippen MR) is 68.7 cm³/mol. The van der Waals surface area contributed by atoms with Gasteiger partial charge in [-0.3, -0.25) is 0 Å². The lowest BCUT2D eigenvalue weighted by Crippen LogP contribution is -2.26. The molecule has 0 aliphatic rings. The first-order valence-electron chi connectivity index (χ1n) is 5.92. The van der Waals surface area contributed by atoms with Crippen LogP contribution < -0.4 is 4.90 Å². The Kier molecular flexibility index (Phi) is 5.69. The van der Waals surface area contributed by atoms with Crippen LogP contribution in [0.15, 0.2) is 11.6 Å². The second kappa shape index (κ2) is 6.83. The Labute approximate surface area is 97.3 Å². The molecule has 0 aliphatic heterocycles. The van der Waals surface area contributed by atoms with E-state index < -0.39 is 0 Å². The molecule has 1 heterocycles. The maximum absolute atomic E-state index is 4.38. The number of anilines is 1. The van der Waals surface area contributed by atoms with E-state index in [-0.39, 0.29) is 0 Å². The largest absolute Gasteiger partial charge is 0.348 e. The molecule has 0 saturated heterocycles. The van der Waals surface area contributed by atoms with E-state index in [0.717, 1.165) is 19.0 Å². The van der Waals surface area contributed by atoms with Crippen molar-refractivity contribution in [2.75, 3.05) is 18.0 Å². The Morgan fingerprint density at radius 1 is 1.40 bits per heavy atom. The lowest BCUT2D eigenvalue weighted by Gasteiger charge is -2.22. The molecular formula is C12H22N2S. The highest BCUT2D eigenvalue weighted by molar-refractivity contribution is 7.13. The summed E-state index contributed by atoms with van der Waals surface area (Å²) in [5.41, 5.74) is 0.